The van der Waals surface area contributed by atoms with Gasteiger partial charge in [0.05, 0.1) is 6.26 Å². The third kappa shape index (κ3) is 3.64. The highest BCUT2D eigenvalue weighted by Crippen LogP contribution is 2.18. The van der Waals surface area contributed by atoms with Gasteiger partial charge < -0.3 is 0 Å². The zero-order valence-electron chi connectivity index (χ0n) is 9.53. The van der Waals surface area contributed by atoms with Gasteiger partial charge in [0, 0.05) is 6.04 Å². The third-order valence-electron chi connectivity index (χ3n) is 2.28. The van der Waals surface area contributed by atoms with Crippen LogP contribution in [0.15, 0.2) is 18.2 Å². The predicted molar refractivity (Wildman–Crippen MR) is 62.3 cm³/mol. The molecule has 0 bridgehead atoms. The number of hydrogen-bond donors (Lipinski definition) is 1. The normalized spacial score (nSPS) is 13.9. The van der Waals surface area contributed by atoms with Crippen molar-refractivity contribution in [2.45, 2.75) is 26.8 Å². The number of aryl methyl sites for hydroxylation is 2. The number of sulfonamides is 1. The minimum absolute atomic E-state index is 0.180. The Hall–Kier alpha value is -0.870. The first-order chi connectivity index (χ1) is 6.79. The van der Waals surface area contributed by atoms with Crippen molar-refractivity contribution in [2.24, 2.45) is 0 Å². The number of nitrogens with one attached hydrogen (secondary N) is 1. The van der Waals surface area contributed by atoms with Crippen LogP contribution in [0, 0.1) is 13.8 Å². The summed E-state index contributed by atoms with van der Waals surface area (Å²) in [6.45, 7) is 5.85. The van der Waals surface area contributed by atoms with E-state index in [9.17, 15) is 8.42 Å². The number of hydrogen-bond acceptors (Lipinski definition) is 2. The van der Waals surface area contributed by atoms with Crippen molar-refractivity contribution in [3.63, 3.8) is 0 Å². The van der Waals surface area contributed by atoms with E-state index in [1.807, 2.05) is 32.9 Å². The van der Waals surface area contributed by atoms with Gasteiger partial charge in [-0.25, -0.2) is 13.1 Å². The van der Waals surface area contributed by atoms with Crippen LogP contribution in [0.4, 0.5) is 0 Å². The van der Waals surface area contributed by atoms with Crippen LogP contribution >= 0.6 is 0 Å². The lowest BCUT2D eigenvalue weighted by Gasteiger charge is -2.15. The quantitative estimate of drug-likeness (QED) is 0.857. The first kappa shape index (κ1) is 12.2. The fraction of sp³-hybridized carbons (Fsp3) is 0.455. The summed E-state index contributed by atoms with van der Waals surface area (Å²) in [5, 5.41) is 0. The van der Waals surface area contributed by atoms with Gasteiger partial charge in [-0.3, -0.25) is 0 Å². The largest absolute Gasteiger partial charge is 0.213 e. The molecule has 1 atom stereocenters. The second-order valence-corrected chi connectivity index (χ2v) is 5.75. The average Bonchev–Trinajstić information content (AvgIpc) is 1.99. The molecule has 15 heavy (non-hydrogen) atoms. The standard InChI is InChI=1S/C11H17NO2S/c1-8-5-6-11(9(2)7-8)10(3)12-15(4,13)14/h5-7,10,12H,1-4H3/t10-/m0/s1. The van der Waals surface area contributed by atoms with E-state index in [4.69, 9.17) is 0 Å². The van der Waals surface area contributed by atoms with Gasteiger partial charge in [0.1, 0.15) is 0 Å². The number of rotatable bonds is 3. The van der Waals surface area contributed by atoms with Crippen molar-refractivity contribution >= 4 is 10.0 Å². The fourth-order valence-electron chi connectivity index (χ4n) is 1.70. The summed E-state index contributed by atoms with van der Waals surface area (Å²) in [7, 11) is -3.15. The Labute approximate surface area is 91.6 Å². The lowest BCUT2D eigenvalue weighted by Crippen LogP contribution is -2.25. The first-order valence-electron chi connectivity index (χ1n) is 4.84. The summed E-state index contributed by atoms with van der Waals surface area (Å²) < 4.78 is 24.7. The summed E-state index contributed by atoms with van der Waals surface area (Å²) in [6, 6.07) is 5.83. The van der Waals surface area contributed by atoms with Crippen LogP contribution < -0.4 is 4.72 Å². The first-order valence-corrected chi connectivity index (χ1v) is 6.73. The monoisotopic (exact) mass is 227 g/mol. The minimum atomic E-state index is -3.15. The van der Waals surface area contributed by atoms with E-state index < -0.39 is 10.0 Å². The summed E-state index contributed by atoms with van der Waals surface area (Å²) >= 11 is 0. The molecule has 0 aliphatic heterocycles. The summed E-state index contributed by atoms with van der Waals surface area (Å²) in [5.74, 6) is 0. The summed E-state index contributed by atoms with van der Waals surface area (Å²) in [6.07, 6.45) is 1.17. The Balaban J connectivity index is 2.97. The lowest BCUT2D eigenvalue weighted by atomic mass is 10.0. The molecule has 4 heteroatoms. The van der Waals surface area contributed by atoms with Crippen LogP contribution in [-0.4, -0.2) is 14.7 Å². The number of benzene rings is 1. The van der Waals surface area contributed by atoms with Crippen LogP contribution in [0.3, 0.4) is 0 Å². The Morgan fingerprint density at radius 1 is 1.27 bits per heavy atom. The molecule has 0 heterocycles. The van der Waals surface area contributed by atoms with Gasteiger partial charge >= 0.3 is 0 Å². The molecule has 1 aromatic carbocycles. The second-order valence-electron chi connectivity index (χ2n) is 3.97. The van der Waals surface area contributed by atoms with Gasteiger partial charge in [-0.05, 0) is 31.9 Å². The van der Waals surface area contributed by atoms with Crippen LogP contribution in [0.2, 0.25) is 0 Å². The van der Waals surface area contributed by atoms with Crippen molar-refractivity contribution in [2.75, 3.05) is 6.26 Å². The molecular formula is C11H17NO2S. The molecule has 0 aromatic heterocycles. The van der Waals surface area contributed by atoms with Crippen LogP contribution in [0.5, 0.6) is 0 Å². The molecule has 0 spiro atoms. The lowest BCUT2D eigenvalue weighted by molar-refractivity contribution is 0.572. The van der Waals surface area contributed by atoms with E-state index in [1.165, 1.54) is 11.8 Å². The third-order valence-corrected chi connectivity index (χ3v) is 3.06. The van der Waals surface area contributed by atoms with Gasteiger partial charge in [-0.2, -0.15) is 0 Å². The fourth-order valence-corrected chi connectivity index (χ4v) is 2.47. The molecule has 0 radical (unpaired) electrons. The van der Waals surface area contributed by atoms with E-state index in [-0.39, 0.29) is 6.04 Å². The van der Waals surface area contributed by atoms with Crippen LogP contribution in [0.25, 0.3) is 0 Å². The molecule has 84 valence electrons. The van der Waals surface area contributed by atoms with Gasteiger partial charge in [0.2, 0.25) is 10.0 Å². The van der Waals surface area contributed by atoms with Crippen molar-refractivity contribution in [1.29, 1.82) is 0 Å². The minimum Gasteiger partial charge on any atom is -0.213 e. The maximum absolute atomic E-state index is 11.1. The summed E-state index contributed by atoms with van der Waals surface area (Å²) in [4.78, 5) is 0. The predicted octanol–water partition coefficient (Wildman–Crippen LogP) is 1.91. The van der Waals surface area contributed by atoms with E-state index in [0.717, 1.165) is 11.1 Å². The molecule has 0 amide bonds. The Morgan fingerprint density at radius 3 is 2.33 bits per heavy atom. The van der Waals surface area contributed by atoms with Crippen LogP contribution in [0.1, 0.15) is 29.7 Å². The highest BCUT2D eigenvalue weighted by Gasteiger charge is 2.12. The smallest absolute Gasteiger partial charge is 0.209 e. The van der Waals surface area contributed by atoms with Crippen LogP contribution in [-0.2, 0) is 10.0 Å². The van der Waals surface area contributed by atoms with Gasteiger partial charge in [-0.1, -0.05) is 23.8 Å². The zero-order chi connectivity index (χ0) is 11.6. The van der Waals surface area contributed by atoms with Gasteiger partial charge in [0.15, 0.2) is 0 Å². The summed E-state index contributed by atoms with van der Waals surface area (Å²) in [5.41, 5.74) is 3.31. The molecule has 0 saturated heterocycles. The Morgan fingerprint density at radius 2 is 1.87 bits per heavy atom. The molecule has 3 nitrogen and oxygen atoms in total. The van der Waals surface area contributed by atoms with E-state index in [1.54, 1.807) is 0 Å². The molecule has 1 rings (SSSR count). The van der Waals surface area contributed by atoms with Gasteiger partial charge in [-0.15, -0.1) is 0 Å². The van der Waals surface area contributed by atoms with E-state index in [0.29, 0.717) is 0 Å². The highest BCUT2D eigenvalue weighted by atomic mass is 32.2. The van der Waals surface area contributed by atoms with Crippen molar-refractivity contribution in [1.82, 2.24) is 4.72 Å². The van der Waals surface area contributed by atoms with Crippen molar-refractivity contribution < 1.29 is 8.42 Å². The molecule has 0 unspecified atom stereocenters. The van der Waals surface area contributed by atoms with E-state index >= 15 is 0 Å². The zero-order valence-corrected chi connectivity index (χ0v) is 10.4. The van der Waals surface area contributed by atoms with Crippen molar-refractivity contribution in [3.05, 3.63) is 34.9 Å². The maximum Gasteiger partial charge on any atom is 0.209 e. The molecule has 0 saturated carbocycles. The molecule has 1 aromatic rings. The van der Waals surface area contributed by atoms with Crippen molar-refractivity contribution in [3.8, 4) is 0 Å². The molecule has 0 aliphatic carbocycles. The highest BCUT2D eigenvalue weighted by molar-refractivity contribution is 7.88. The molecule has 1 N–H and O–H groups in total. The van der Waals surface area contributed by atoms with Gasteiger partial charge in [0.25, 0.3) is 0 Å². The molecule has 0 fully saturated rings. The SMILES string of the molecule is Cc1ccc([C@H](C)NS(C)(=O)=O)c(C)c1. The molecular weight excluding hydrogens is 210 g/mol. The Bertz CT molecular complexity index is 452. The van der Waals surface area contributed by atoms with E-state index in [2.05, 4.69) is 10.8 Å². The second kappa shape index (κ2) is 4.33. The molecule has 0 aliphatic rings. The topological polar surface area (TPSA) is 46.2 Å². The maximum atomic E-state index is 11.1. The average molecular weight is 227 g/mol. The Kier molecular flexibility index (Phi) is 3.52.